The number of nitrogens with zero attached hydrogens (tertiary/aromatic N) is 1. The number of hydrogen-bond donors (Lipinski definition) is 6. The first kappa shape index (κ1) is 23.4. The van der Waals surface area contributed by atoms with Crippen LogP contribution in [0.4, 0.5) is 0 Å². The van der Waals surface area contributed by atoms with Gasteiger partial charge in [-0.05, 0) is 35.7 Å². The Morgan fingerprint density at radius 2 is 1.83 bits per heavy atom. The molecule has 0 spiro atoms. The molecule has 3 heterocycles. The number of H-pyrrole nitrogens is 1. The average molecular weight is 486 g/mol. The van der Waals surface area contributed by atoms with Crippen molar-refractivity contribution >= 4 is 0 Å². The van der Waals surface area contributed by atoms with Crippen molar-refractivity contribution in [2.45, 2.75) is 44.1 Å². The predicted molar refractivity (Wildman–Crippen MR) is 121 cm³/mol. The minimum Gasteiger partial charge on any atom is -0.507 e. The van der Waals surface area contributed by atoms with Crippen LogP contribution in [-0.4, -0.2) is 79.8 Å². The molecule has 0 radical (unpaired) electrons. The topological polar surface area (TPSA) is 167 Å². The van der Waals surface area contributed by atoms with Crippen LogP contribution >= 0.6 is 0 Å². The number of benzene rings is 2. The van der Waals surface area contributed by atoms with Gasteiger partial charge in [-0.15, -0.1) is 0 Å². The van der Waals surface area contributed by atoms with Gasteiger partial charge in [0, 0.05) is 17.2 Å². The molecule has 2 aromatic carbocycles. The van der Waals surface area contributed by atoms with Crippen molar-refractivity contribution in [1.29, 1.82) is 0 Å². The van der Waals surface area contributed by atoms with Crippen LogP contribution in [0.25, 0.3) is 22.4 Å². The van der Waals surface area contributed by atoms with Crippen LogP contribution in [0.15, 0.2) is 36.5 Å². The molecule has 35 heavy (non-hydrogen) atoms. The summed E-state index contributed by atoms with van der Waals surface area (Å²) < 4.78 is 22.1. The summed E-state index contributed by atoms with van der Waals surface area (Å²) >= 11 is 0. The monoisotopic (exact) mass is 486 g/mol. The third kappa shape index (κ3) is 4.17. The number of phenolic OH excluding ortho intramolecular Hbond substituents is 1. The lowest BCUT2D eigenvalue weighted by Crippen LogP contribution is -2.60. The second-order valence-corrected chi connectivity index (χ2v) is 8.37. The van der Waals surface area contributed by atoms with E-state index in [0.717, 1.165) is 11.1 Å². The number of aliphatic hydroxyl groups is 4. The third-order valence-electron chi connectivity index (χ3n) is 6.24. The Morgan fingerprint density at radius 1 is 1.03 bits per heavy atom. The fourth-order valence-electron chi connectivity index (χ4n) is 4.26. The molecule has 1 aromatic heterocycles. The van der Waals surface area contributed by atoms with E-state index in [9.17, 15) is 25.5 Å². The first-order chi connectivity index (χ1) is 16.9. The highest BCUT2D eigenvalue weighted by molar-refractivity contribution is 5.84. The van der Waals surface area contributed by atoms with Gasteiger partial charge in [0.25, 0.3) is 0 Å². The van der Waals surface area contributed by atoms with Crippen LogP contribution in [0.3, 0.4) is 0 Å². The van der Waals surface area contributed by atoms with Crippen molar-refractivity contribution in [3.63, 3.8) is 0 Å². The lowest BCUT2D eigenvalue weighted by molar-refractivity contribution is -0.277. The van der Waals surface area contributed by atoms with Gasteiger partial charge in [0.15, 0.2) is 11.5 Å². The number of aliphatic hydroxyl groups excluding tert-OH is 4. The smallest absolute Gasteiger partial charge is 0.231 e. The van der Waals surface area contributed by atoms with E-state index in [1.807, 2.05) is 25.1 Å². The number of nitrogens with one attached hydrogen (secondary N) is 1. The van der Waals surface area contributed by atoms with Crippen LogP contribution in [-0.2, 0) is 11.2 Å². The summed E-state index contributed by atoms with van der Waals surface area (Å²) in [7, 11) is 0. The summed E-state index contributed by atoms with van der Waals surface area (Å²) in [5.41, 5.74) is 3.30. The first-order valence-corrected chi connectivity index (χ1v) is 11.2. The maximum Gasteiger partial charge on any atom is 0.231 e. The zero-order valence-electron chi connectivity index (χ0n) is 18.8. The number of aromatic hydroxyl groups is 1. The Hall–Kier alpha value is -3.35. The van der Waals surface area contributed by atoms with E-state index in [4.69, 9.17) is 18.9 Å². The van der Waals surface area contributed by atoms with Gasteiger partial charge in [-0.2, -0.15) is 5.10 Å². The van der Waals surface area contributed by atoms with E-state index >= 15 is 0 Å². The molecule has 0 aliphatic carbocycles. The van der Waals surface area contributed by atoms with Gasteiger partial charge in [-0.3, -0.25) is 5.10 Å². The standard InChI is InChI=1S/C24H26N2O9/c1-2-11-5-13(20-14(8-25-26-20)12-3-4-16-18(6-12)33-10-32-16)15(28)7-17(11)34-24-23(31)22(30)21(29)19(9-27)35-24/h3-8,19,21-24,27-31H,2,9-10H2,1H3,(H,25,26)/t19-,21+,22+,23+,24+/m0/s1. The maximum atomic E-state index is 10.9. The molecule has 2 aliphatic heterocycles. The molecule has 2 aliphatic rings. The number of aryl methyl sites for hydroxylation is 1. The largest absolute Gasteiger partial charge is 0.507 e. The SMILES string of the molecule is CCc1cc(-c2[nH]ncc2-c2ccc3c(c2)OCO3)c(O)cc1O[C@@H]1O[C@@H](CO)[C@@H](O)[C@@H](O)[C@H]1O. The fraction of sp³-hybridized carbons (Fsp3) is 0.375. The van der Waals surface area contributed by atoms with Gasteiger partial charge in [0.05, 0.1) is 18.5 Å². The van der Waals surface area contributed by atoms with E-state index in [1.165, 1.54) is 6.07 Å². The van der Waals surface area contributed by atoms with Crippen molar-refractivity contribution < 1.29 is 44.5 Å². The highest BCUT2D eigenvalue weighted by Crippen LogP contribution is 2.42. The molecule has 0 bridgehead atoms. The van der Waals surface area contributed by atoms with Gasteiger partial charge in [0.1, 0.15) is 35.9 Å². The number of rotatable bonds is 6. The molecule has 0 saturated carbocycles. The molecule has 0 unspecified atom stereocenters. The molecule has 11 nitrogen and oxygen atoms in total. The molecule has 11 heteroatoms. The van der Waals surface area contributed by atoms with Crippen LogP contribution in [0.2, 0.25) is 0 Å². The second kappa shape index (κ2) is 9.36. The second-order valence-electron chi connectivity index (χ2n) is 8.37. The van der Waals surface area contributed by atoms with Crippen molar-refractivity contribution in [3.8, 4) is 45.4 Å². The Labute approximate surface area is 200 Å². The zero-order valence-corrected chi connectivity index (χ0v) is 18.8. The summed E-state index contributed by atoms with van der Waals surface area (Å²) in [4.78, 5) is 0. The van der Waals surface area contributed by atoms with E-state index in [0.29, 0.717) is 34.7 Å². The lowest BCUT2D eigenvalue weighted by Gasteiger charge is -2.39. The third-order valence-corrected chi connectivity index (χ3v) is 6.24. The summed E-state index contributed by atoms with van der Waals surface area (Å²) in [6.45, 7) is 1.48. The highest BCUT2D eigenvalue weighted by Gasteiger charge is 2.45. The van der Waals surface area contributed by atoms with Crippen LogP contribution in [0, 0.1) is 0 Å². The van der Waals surface area contributed by atoms with Gasteiger partial charge in [-0.1, -0.05) is 13.0 Å². The predicted octanol–water partition coefficient (Wildman–Crippen LogP) is 0.919. The van der Waals surface area contributed by atoms with Crippen LogP contribution in [0.5, 0.6) is 23.0 Å². The van der Waals surface area contributed by atoms with E-state index in [-0.39, 0.29) is 18.3 Å². The van der Waals surface area contributed by atoms with E-state index in [2.05, 4.69) is 10.2 Å². The van der Waals surface area contributed by atoms with Crippen molar-refractivity contribution in [3.05, 3.63) is 42.1 Å². The number of ether oxygens (including phenoxy) is 4. The molecule has 1 saturated heterocycles. The molecule has 5 atom stereocenters. The minimum absolute atomic E-state index is 0.118. The van der Waals surface area contributed by atoms with Crippen molar-refractivity contribution in [2.75, 3.05) is 13.4 Å². The number of phenols is 1. The Kier molecular flexibility index (Phi) is 6.26. The van der Waals surface area contributed by atoms with Gasteiger partial charge in [-0.25, -0.2) is 0 Å². The molecule has 3 aromatic rings. The number of fused-ring (bicyclic) bond motifs is 1. The van der Waals surface area contributed by atoms with Crippen LogP contribution < -0.4 is 14.2 Å². The summed E-state index contributed by atoms with van der Waals surface area (Å²) in [5, 5.41) is 57.7. The van der Waals surface area contributed by atoms with Gasteiger partial charge >= 0.3 is 0 Å². The van der Waals surface area contributed by atoms with Gasteiger partial charge < -0.3 is 44.5 Å². The van der Waals surface area contributed by atoms with Gasteiger partial charge in [0.2, 0.25) is 13.1 Å². The Balaban J connectivity index is 1.46. The summed E-state index contributed by atoms with van der Waals surface area (Å²) in [6.07, 6.45) is -4.94. The quantitative estimate of drug-likeness (QED) is 0.295. The van der Waals surface area contributed by atoms with E-state index < -0.39 is 37.3 Å². The number of hydrogen-bond acceptors (Lipinski definition) is 10. The average Bonchev–Trinajstić information content (AvgIpc) is 3.53. The molecule has 0 amide bonds. The number of aromatic nitrogens is 2. The summed E-state index contributed by atoms with van der Waals surface area (Å²) in [6, 6.07) is 8.64. The maximum absolute atomic E-state index is 10.9. The Bertz CT molecular complexity index is 1210. The normalized spacial score (nSPS) is 25.6. The van der Waals surface area contributed by atoms with E-state index in [1.54, 1.807) is 12.3 Å². The molecule has 5 rings (SSSR count). The zero-order chi connectivity index (χ0) is 24.7. The van der Waals surface area contributed by atoms with Crippen LogP contribution in [0.1, 0.15) is 12.5 Å². The number of aromatic amines is 1. The molecule has 186 valence electrons. The highest BCUT2D eigenvalue weighted by atomic mass is 16.7. The fourth-order valence-corrected chi connectivity index (χ4v) is 4.26. The van der Waals surface area contributed by atoms with Crippen molar-refractivity contribution in [1.82, 2.24) is 10.2 Å². The molecule has 1 fully saturated rings. The van der Waals surface area contributed by atoms with Crippen molar-refractivity contribution in [2.24, 2.45) is 0 Å². The molecular formula is C24H26N2O9. The Morgan fingerprint density at radius 3 is 2.60 bits per heavy atom. The first-order valence-electron chi connectivity index (χ1n) is 11.2. The molecule has 6 N–H and O–H groups in total. The lowest BCUT2D eigenvalue weighted by atomic mass is 9.97. The minimum atomic E-state index is -1.57. The summed E-state index contributed by atoms with van der Waals surface area (Å²) in [5.74, 6) is 1.39. The molecular weight excluding hydrogens is 460 g/mol.